The molecule has 0 N–H and O–H groups in total. The Hall–Kier alpha value is -3.03. The lowest BCUT2D eigenvalue weighted by atomic mass is 10.1. The normalized spacial score (nSPS) is 14.7. The summed E-state index contributed by atoms with van der Waals surface area (Å²) in [6.45, 7) is 1.49. The van der Waals surface area contributed by atoms with E-state index < -0.39 is 0 Å². The third-order valence-electron chi connectivity index (χ3n) is 4.09. The van der Waals surface area contributed by atoms with E-state index in [0.29, 0.717) is 11.3 Å². The van der Waals surface area contributed by atoms with Gasteiger partial charge in [-0.3, -0.25) is 9.78 Å². The van der Waals surface area contributed by atoms with Gasteiger partial charge in [0.1, 0.15) is 17.8 Å². The minimum Gasteiger partial charge on any atom is -0.351 e. The molecular formula is C15H15N7O. The molecule has 8 nitrogen and oxygen atoms in total. The topological polar surface area (TPSA) is 79.5 Å². The van der Waals surface area contributed by atoms with Crippen molar-refractivity contribution in [2.45, 2.75) is 6.04 Å². The number of likely N-dealkylation sites (N-methyl/N-ethyl adjacent to an activating group) is 1. The van der Waals surface area contributed by atoms with Crippen molar-refractivity contribution in [2.24, 2.45) is 0 Å². The van der Waals surface area contributed by atoms with Crippen LogP contribution < -0.4 is 4.90 Å². The number of aromatic nitrogens is 5. The molecular weight excluding hydrogens is 294 g/mol. The van der Waals surface area contributed by atoms with Crippen molar-refractivity contribution in [1.29, 1.82) is 0 Å². The van der Waals surface area contributed by atoms with Crippen LogP contribution in [-0.2, 0) is 0 Å². The van der Waals surface area contributed by atoms with Crippen LogP contribution in [0.1, 0.15) is 10.5 Å². The van der Waals surface area contributed by atoms with Gasteiger partial charge < -0.3 is 9.80 Å². The first-order chi connectivity index (χ1) is 11.2. The molecule has 1 amide bonds. The Balaban J connectivity index is 1.43. The molecule has 0 bridgehead atoms. The monoisotopic (exact) mass is 309 g/mol. The quantitative estimate of drug-likeness (QED) is 0.700. The SMILES string of the molecule is CN(C(=O)c1ccccn1)C1CN(c2ccc3nncn3n2)C1. The molecule has 0 aliphatic carbocycles. The van der Waals surface area contributed by atoms with Crippen molar-refractivity contribution in [2.75, 3.05) is 25.0 Å². The van der Waals surface area contributed by atoms with E-state index in [4.69, 9.17) is 0 Å². The van der Waals surface area contributed by atoms with E-state index >= 15 is 0 Å². The highest BCUT2D eigenvalue weighted by molar-refractivity contribution is 5.92. The number of rotatable bonds is 3. The van der Waals surface area contributed by atoms with Gasteiger partial charge >= 0.3 is 0 Å². The first-order valence-corrected chi connectivity index (χ1v) is 7.32. The fourth-order valence-electron chi connectivity index (χ4n) is 2.61. The second kappa shape index (κ2) is 5.31. The van der Waals surface area contributed by atoms with Crippen LogP contribution in [0.4, 0.5) is 5.82 Å². The average molecular weight is 309 g/mol. The lowest BCUT2D eigenvalue weighted by Gasteiger charge is -2.44. The van der Waals surface area contributed by atoms with Crippen molar-refractivity contribution < 1.29 is 4.79 Å². The fraction of sp³-hybridized carbons (Fsp3) is 0.267. The summed E-state index contributed by atoms with van der Waals surface area (Å²) in [4.78, 5) is 20.3. The van der Waals surface area contributed by atoms with Crippen LogP contribution >= 0.6 is 0 Å². The van der Waals surface area contributed by atoms with E-state index in [0.717, 1.165) is 18.9 Å². The lowest BCUT2D eigenvalue weighted by molar-refractivity contribution is 0.0699. The van der Waals surface area contributed by atoms with Crippen LogP contribution in [0.15, 0.2) is 42.9 Å². The van der Waals surface area contributed by atoms with E-state index in [1.165, 1.54) is 0 Å². The average Bonchev–Trinajstić information content (AvgIpc) is 3.01. The van der Waals surface area contributed by atoms with Gasteiger partial charge in [-0.1, -0.05) is 6.07 Å². The predicted octanol–water partition coefficient (Wildman–Crippen LogP) is 0.480. The Morgan fingerprint density at radius 3 is 2.91 bits per heavy atom. The first-order valence-electron chi connectivity index (χ1n) is 7.32. The number of fused-ring (bicyclic) bond motifs is 1. The Labute approximate surface area is 132 Å². The third-order valence-corrected chi connectivity index (χ3v) is 4.09. The number of carbonyl (C=O) groups is 1. The molecule has 1 fully saturated rings. The number of carbonyl (C=O) groups excluding carboxylic acids is 1. The molecule has 4 rings (SSSR count). The standard InChI is InChI=1S/C15H15N7O/c1-20(15(23)12-4-2-3-7-16-12)11-8-21(9-11)14-6-5-13-18-17-10-22(13)19-14/h2-7,10-11H,8-9H2,1H3. The minimum atomic E-state index is -0.0579. The van der Waals surface area contributed by atoms with Crippen molar-refractivity contribution in [3.05, 3.63) is 48.5 Å². The van der Waals surface area contributed by atoms with E-state index in [1.807, 2.05) is 25.2 Å². The maximum Gasteiger partial charge on any atom is 0.272 e. The summed E-state index contributed by atoms with van der Waals surface area (Å²) in [7, 11) is 1.81. The molecule has 8 heteroatoms. The summed E-state index contributed by atoms with van der Waals surface area (Å²) in [5.74, 6) is 0.796. The molecule has 0 aromatic carbocycles. The zero-order chi connectivity index (χ0) is 15.8. The van der Waals surface area contributed by atoms with E-state index in [9.17, 15) is 4.79 Å². The highest BCUT2D eigenvalue weighted by Gasteiger charge is 2.34. The summed E-state index contributed by atoms with van der Waals surface area (Å²) in [5.41, 5.74) is 1.19. The van der Waals surface area contributed by atoms with Crippen molar-refractivity contribution >= 4 is 17.4 Å². The third kappa shape index (κ3) is 2.37. The second-order valence-electron chi connectivity index (χ2n) is 5.52. The van der Waals surface area contributed by atoms with Gasteiger partial charge in [0.2, 0.25) is 0 Å². The van der Waals surface area contributed by atoms with Gasteiger partial charge in [0, 0.05) is 26.3 Å². The molecule has 1 saturated heterocycles. The van der Waals surface area contributed by atoms with Gasteiger partial charge in [0.05, 0.1) is 6.04 Å². The molecule has 1 aliphatic rings. The molecule has 0 unspecified atom stereocenters. The summed E-state index contributed by atoms with van der Waals surface area (Å²) in [6, 6.07) is 9.31. The number of nitrogens with zero attached hydrogens (tertiary/aromatic N) is 7. The summed E-state index contributed by atoms with van der Waals surface area (Å²) in [6.07, 6.45) is 3.21. The number of amides is 1. The molecule has 0 atom stereocenters. The molecule has 116 valence electrons. The largest absolute Gasteiger partial charge is 0.351 e. The van der Waals surface area contributed by atoms with Crippen LogP contribution in [0.3, 0.4) is 0 Å². The van der Waals surface area contributed by atoms with Crippen molar-refractivity contribution in [3.8, 4) is 0 Å². The van der Waals surface area contributed by atoms with Gasteiger partial charge in [-0.25, -0.2) is 0 Å². The van der Waals surface area contributed by atoms with E-state index in [-0.39, 0.29) is 11.9 Å². The lowest BCUT2D eigenvalue weighted by Crippen LogP contribution is -2.60. The van der Waals surface area contributed by atoms with Crippen LogP contribution in [-0.4, -0.2) is 61.8 Å². The van der Waals surface area contributed by atoms with Crippen LogP contribution in [0.2, 0.25) is 0 Å². The van der Waals surface area contributed by atoms with Crippen LogP contribution in [0.5, 0.6) is 0 Å². The van der Waals surface area contributed by atoms with Gasteiger partial charge in [-0.05, 0) is 24.3 Å². The summed E-state index contributed by atoms with van der Waals surface area (Å²) >= 11 is 0. The van der Waals surface area contributed by atoms with Crippen molar-refractivity contribution in [1.82, 2.24) is 29.7 Å². The molecule has 23 heavy (non-hydrogen) atoms. The Bertz CT molecular complexity index is 841. The summed E-state index contributed by atoms with van der Waals surface area (Å²) in [5, 5.41) is 12.2. The summed E-state index contributed by atoms with van der Waals surface area (Å²) < 4.78 is 1.64. The Kier molecular flexibility index (Phi) is 3.14. The zero-order valence-corrected chi connectivity index (χ0v) is 12.6. The number of hydrogen-bond donors (Lipinski definition) is 0. The number of pyridine rings is 1. The van der Waals surface area contributed by atoms with Crippen LogP contribution in [0, 0.1) is 0 Å². The zero-order valence-electron chi connectivity index (χ0n) is 12.6. The molecule has 0 spiro atoms. The van der Waals surface area contributed by atoms with Crippen molar-refractivity contribution in [3.63, 3.8) is 0 Å². The molecule has 3 aromatic heterocycles. The van der Waals surface area contributed by atoms with Gasteiger partial charge in [-0.15, -0.1) is 15.3 Å². The number of hydrogen-bond acceptors (Lipinski definition) is 6. The molecule has 0 radical (unpaired) electrons. The van der Waals surface area contributed by atoms with E-state index in [2.05, 4.69) is 25.2 Å². The maximum absolute atomic E-state index is 12.4. The predicted molar refractivity (Wildman–Crippen MR) is 83.1 cm³/mol. The molecule has 0 saturated carbocycles. The van der Waals surface area contributed by atoms with Gasteiger partial charge in [0.25, 0.3) is 5.91 Å². The van der Waals surface area contributed by atoms with Crippen LogP contribution in [0.25, 0.3) is 5.65 Å². The van der Waals surface area contributed by atoms with E-state index in [1.54, 1.807) is 34.1 Å². The fourth-order valence-corrected chi connectivity index (χ4v) is 2.61. The molecule has 3 aromatic rings. The maximum atomic E-state index is 12.4. The Morgan fingerprint density at radius 1 is 1.26 bits per heavy atom. The van der Waals surface area contributed by atoms with Gasteiger partial charge in [-0.2, -0.15) is 4.52 Å². The first kappa shape index (κ1) is 13.6. The number of anilines is 1. The second-order valence-corrected chi connectivity index (χ2v) is 5.52. The Morgan fingerprint density at radius 2 is 2.13 bits per heavy atom. The molecule has 1 aliphatic heterocycles. The smallest absolute Gasteiger partial charge is 0.272 e. The van der Waals surface area contributed by atoms with Gasteiger partial charge in [0.15, 0.2) is 5.65 Å². The highest BCUT2D eigenvalue weighted by Crippen LogP contribution is 2.22. The minimum absolute atomic E-state index is 0.0579. The molecule has 4 heterocycles. The highest BCUT2D eigenvalue weighted by atomic mass is 16.2.